The number of carbonyl (C=O) groups excluding carboxylic acids is 1. The molecule has 0 aromatic rings. The van der Waals surface area contributed by atoms with Gasteiger partial charge in [0.2, 0.25) is 5.91 Å². The van der Waals surface area contributed by atoms with Gasteiger partial charge in [0.05, 0.1) is 0 Å². The van der Waals surface area contributed by atoms with E-state index in [9.17, 15) is 4.79 Å². The van der Waals surface area contributed by atoms with Crippen LogP contribution in [0.15, 0.2) is 0 Å². The van der Waals surface area contributed by atoms with Crippen molar-refractivity contribution in [2.24, 2.45) is 5.73 Å². The van der Waals surface area contributed by atoms with Gasteiger partial charge < -0.3 is 10.6 Å². The fourth-order valence-electron chi connectivity index (χ4n) is 2.40. The lowest BCUT2D eigenvalue weighted by Gasteiger charge is -2.30. The van der Waals surface area contributed by atoms with Gasteiger partial charge in [0, 0.05) is 25.6 Å². The van der Waals surface area contributed by atoms with Crippen molar-refractivity contribution >= 4 is 5.91 Å². The molecule has 0 spiro atoms. The Bertz CT molecular complexity index is 203. The largest absolute Gasteiger partial charge is 0.338 e. The number of hydrogen-bond acceptors (Lipinski definition) is 2. The van der Waals surface area contributed by atoms with Gasteiger partial charge in [-0.2, -0.15) is 0 Å². The number of nitrogens with two attached hydrogens (primary N) is 1. The molecular weight excluding hydrogens is 224 g/mol. The molecule has 0 saturated carbocycles. The Morgan fingerprint density at radius 1 is 1.06 bits per heavy atom. The third kappa shape index (κ3) is 7.00. The lowest BCUT2D eigenvalue weighted by molar-refractivity contribution is -0.133. The van der Waals surface area contributed by atoms with Crippen molar-refractivity contribution in [3.8, 4) is 0 Å². The summed E-state index contributed by atoms with van der Waals surface area (Å²) in [5.74, 6) is 0.297. The van der Waals surface area contributed by atoms with Crippen molar-refractivity contribution in [2.75, 3.05) is 13.1 Å². The summed E-state index contributed by atoms with van der Waals surface area (Å²) >= 11 is 0. The summed E-state index contributed by atoms with van der Waals surface area (Å²) in [4.78, 5) is 14.2. The first-order valence-corrected chi connectivity index (χ1v) is 7.70. The second kappa shape index (κ2) is 11.5. The minimum Gasteiger partial charge on any atom is -0.338 e. The molecule has 0 bridgehead atoms. The summed E-state index contributed by atoms with van der Waals surface area (Å²) in [5, 5.41) is 0. The van der Waals surface area contributed by atoms with E-state index in [1.807, 2.05) is 4.90 Å². The van der Waals surface area contributed by atoms with Crippen LogP contribution < -0.4 is 5.73 Å². The SMILES string of the molecule is CCCCCCCC(=O)N(CCN)C(CC)CC. The van der Waals surface area contributed by atoms with Crippen LogP contribution in [0.2, 0.25) is 0 Å². The summed E-state index contributed by atoms with van der Waals surface area (Å²) < 4.78 is 0. The Labute approximate surface area is 113 Å². The normalized spacial score (nSPS) is 10.9. The fourth-order valence-corrected chi connectivity index (χ4v) is 2.40. The number of hydrogen-bond donors (Lipinski definition) is 1. The highest BCUT2D eigenvalue weighted by Gasteiger charge is 2.19. The van der Waals surface area contributed by atoms with E-state index in [1.165, 1.54) is 25.7 Å². The minimum atomic E-state index is 0.297. The number of unbranched alkanes of at least 4 members (excludes halogenated alkanes) is 4. The molecule has 0 heterocycles. The van der Waals surface area contributed by atoms with Crippen molar-refractivity contribution in [1.82, 2.24) is 4.90 Å². The van der Waals surface area contributed by atoms with E-state index in [1.54, 1.807) is 0 Å². The van der Waals surface area contributed by atoms with Crippen LogP contribution in [0.4, 0.5) is 0 Å². The number of nitrogens with zero attached hydrogens (tertiary/aromatic N) is 1. The zero-order chi connectivity index (χ0) is 13.8. The molecular formula is C15H32N2O. The zero-order valence-corrected chi connectivity index (χ0v) is 12.6. The lowest BCUT2D eigenvalue weighted by Crippen LogP contribution is -2.42. The Kier molecular flexibility index (Phi) is 11.2. The van der Waals surface area contributed by atoms with Gasteiger partial charge in [0.25, 0.3) is 0 Å². The minimum absolute atomic E-state index is 0.297. The van der Waals surface area contributed by atoms with Crippen LogP contribution >= 0.6 is 0 Å². The van der Waals surface area contributed by atoms with Crippen molar-refractivity contribution in [2.45, 2.75) is 78.2 Å². The lowest BCUT2D eigenvalue weighted by atomic mass is 10.1. The van der Waals surface area contributed by atoms with E-state index in [2.05, 4.69) is 20.8 Å². The van der Waals surface area contributed by atoms with Crippen molar-refractivity contribution in [3.05, 3.63) is 0 Å². The summed E-state index contributed by atoms with van der Waals surface area (Å²) in [7, 11) is 0. The molecule has 0 fully saturated rings. The Balaban J connectivity index is 4.05. The first-order chi connectivity index (χ1) is 8.71. The maximum atomic E-state index is 12.2. The predicted octanol–water partition coefficient (Wildman–Crippen LogP) is 3.32. The van der Waals surface area contributed by atoms with E-state index in [-0.39, 0.29) is 0 Å². The highest BCUT2D eigenvalue weighted by molar-refractivity contribution is 5.76. The van der Waals surface area contributed by atoms with E-state index >= 15 is 0 Å². The quantitative estimate of drug-likeness (QED) is 0.576. The van der Waals surface area contributed by atoms with Gasteiger partial charge in [-0.05, 0) is 19.3 Å². The standard InChI is InChI=1S/C15H32N2O/c1-4-7-8-9-10-11-15(18)17(13-12-16)14(5-2)6-3/h14H,4-13,16H2,1-3H3. The number of rotatable bonds is 11. The van der Waals surface area contributed by atoms with E-state index in [0.717, 1.165) is 19.3 Å². The van der Waals surface area contributed by atoms with Crippen LogP contribution in [0.1, 0.15) is 72.1 Å². The summed E-state index contributed by atoms with van der Waals surface area (Å²) in [6.07, 6.45) is 8.75. The van der Waals surface area contributed by atoms with Gasteiger partial charge in [0.15, 0.2) is 0 Å². The van der Waals surface area contributed by atoms with Crippen LogP contribution in [-0.2, 0) is 4.79 Å². The van der Waals surface area contributed by atoms with Crippen molar-refractivity contribution < 1.29 is 4.79 Å². The first-order valence-electron chi connectivity index (χ1n) is 7.70. The predicted molar refractivity (Wildman–Crippen MR) is 78.5 cm³/mol. The Hall–Kier alpha value is -0.570. The van der Waals surface area contributed by atoms with Gasteiger partial charge in [-0.3, -0.25) is 4.79 Å². The van der Waals surface area contributed by atoms with Crippen molar-refractivity contribution in [1.29, 1.82) is 0 Å². The summed E-state index contributed by atoms with van der Waals surface area (Å²) in [5.41, 5.74) is 5.61. The fraction of sp³-hybridized carbons (Fsp3) is 0.933. The number of amides is 1. The topological polar surface area (TPSA) is 46.3 Å². The first kappa shape index (κ1) is 17.4. The molecule has 0 aliphatic heterocycles. The second-order valence-corrected chi connectivity index (χ2v) is 5.01. The third-order valence-electron chi connectivity index (χ3n) is 3.57. The maximum Gasteiger partial charge on any atom is 0.222 e. The smallest absolute Gasteiger partial charge is 0.222 e. The molecule has 0 aliphatic rings. The van der Waals surface area contributed by atoms with Crippen LogP contribution in [0.5, 0.6) is 0 Å². The van der Waals surface area contributed by atoms with Gasteiger partial charge in [-0.15, -0.1) is 0 Å². The molecule has 0 aromatic carbocycles. The number of carbonyl (C=O) groups is 1. The van der Waals surface area contributed by atoms with E-state index in [0.29, 0.717) is 31.5 Å². The molecule has 1 amide bonds. The summed E-state index contributed by atoms with van der Waals surface area (Å²) in [6, 6.07) is 0.372. The molecule has 0 unspecified atom stereocenters. The summed E-state index contributed by atoms with van der Waals surface area (Å²) in [6.45, 7) is 7.78. The van der Waals surface area contributed by atoms with Crippen LogP contribution in [0.25, 0.3) is 0 Å². The van der Waals surface area contributed by atoms with Crippen LogP contribution in [-0.4, -0.2) is 29.9 Å². The van der Waals surface area contributed by atoms with Gasteiger partial charge in [-0.25, -0.2) is 0 Å². The second-order valence-electron chi connectivity index (χ2n) is 5.01. The molecule has 0 radical (unpaired) electrons. The maximum absolute atomic E-state index is 12.2. The molecule has 0 atom stereocenters. The Morgan fingerprint density at radius 3 is 2.17 bits per heavy atom. The van der Waals surface area contributed by atoms with Crippen LogP contribution in [0.3, 0.4) is 0 Å². The van der Waals surface area contributed by atoms with Gasteiger partial charge in [0.1, 0.15) is 0 Å². The molecule has 18 heavy (non-hydrogen) atoms. The molecule has 2 N–H and O–H groups in total. The molecule has 0 aliphatic carbocycles. The highest BCUT2D eigenvalue weighted by Crippen LogP contribution is 2.12. The molecule has 0 saturated heterocycles. The molecule has 0 rings (SSSR count). The average molecular weight is 256 g/mol. The molecule has 0 aromatic heterocycles. The Morgan fingerprint density at radius 2 is 1.67 bits per heavy atom. The van der Waals surface area contributed by atoms with Gasteiger partial charge in [-0.1, -0.05) is 46.5 Å². The van der Waals surface area contributed by atoms with E-state index in [4.69, 9.17) is 5.73 Å². The van der Waals surface area contributed by atoms with Crippen LogP contribution in [0, 0.1) is 0 Å². The third-order valence-corrected chi connectivity index (χ3v) is 3.57. The zero-order valence-electron chi connectivity index (χ0n) is 12.6. The molecule has 3 nitrogen and oxygen atoms in total. The molecule has 3 heteroatoms. The molecule has 108 valence electrons. The van der Waals surface area contributed by atoms with Gasteiger partial charge >= 0.3 is 0 Å². The highest BCUT2D eigenvalue weighted by atomic mass is 16.2. The monoisotopic (exact) mass is 256 g/mol. The van der Waals surface area contributed by atoms with E-state index < -0.39 is 0 Å². The average Bonchev–Trinajstić information content (AvgIpc) is 2.38. The van der Waals surface area contributed by atoms with Crippen molar-refractivity contribution in [3.63, 3.8) is 0 Å².